The number of hydrogen-bond acceptors (Lipinski definition) is 0. The third-order valence-electron chi connectivity index (χ3n) is 3.60. The van der Waals surface area contributed by atoms with Gasteiger partial charge in [0, 0.05) is 28.3 Å². The summed E-state index contributed by atoms with van der Waals surface area (Å²) in [5, 5.41) is 0. The molecule has 0 saturated carbocycles. The van der Waals surface area contributed by atoms with Crippen LogP contribution >= 0.6 is 60.1 Å². The van der Waals surface area contributed by atoms with Crippen LogP contribution < -0.4 is 0 Å². The number of benzene rings is 2. The molecule has 2 rings (SSSR count). The molecule has 0 fully saturated rings. The summed E-state index contributed by atoms with van der Waals surface area (Å²) in [7, 11) is 0. The van der Waals surface area contributed by atoms with Crippen molar-refractivity contribution in [1.29, 1.82) is 0 Å². The Morgan fingerprint density at radius 2 is 0.583 bits per heavy atom. The maximum atomic E-state index is 13.1. The average Bonchev–Trinajstić information content (AvgIpc) is 2.71. The van der Waals surface area contributed by atoms with Crippen molar-refractivity contribution in [2.24, 2.45) is 0 Å². The fourth-order valence-corrected chi connectivity index (χ4v) is 2.87. The van der Waals surface area contributed by atoms with Crippen LogP contribution in [0.1, 0.15) is 35.1 Å². The van der Waals surface area contributed by atoms with Crippen LogP contribution in [0.3, 0.4) is 0 Å². The van der Waals surface area contributed by atoms with Gasteiger partial charge in [-0.25, -0.2) is 52.7 Å². The second-order valence-corrected chi connectivity index (χ2v) is 7.68. The molecule has 0 nitrogen and oxygen atoms in total. The third kappa shape index (κ3) is 7.64. The van der Waals surface area contributed by atoms with E-state index in [2.05, 4.69) is 28.3 Å². The van der Waals surface area contributed by atoms with Crippen molar-refractivity contribution in [1.82, 2.24) is 0 Å². The first-order valence-electron chi connectivity index (χ1n) is 7.74. The van der Waals surface area contributed by atoms with Crippen molar-refractivity contribution in [3.05, 3.63) is 68.8 Å². The molecule has 2 aromatic rings. The molecule has 0 aliphatic carbocycles. The van der Waals surface area contributed by atoms with Gasteiger partial charge in [0.15, 0.2) is 46.5 Å². The highest BCUT2D eigenvalue weighted by atomic mass is 80.9. The zero-order valence-electron chi connectivity index (χ0n) is 15.7. The van der Waals surface area contributed by atoms with Gasteiger partial charge in [-0.1, -0.05) is 0 Å². The molecule has 0 atom stereocenters. The number of alkyl halides is 10. The highest BCUT2D eigenvalue weighted by molar-refractivity contribution is 9.93. The standard InChI is InChI=1S/C8Br2F8.C8H2F8.Br2/c9-7(15,16)1-3(11)5(13)2(8(10,17)18)6(14)4(1)12;9-3-1(7(13)14)4(10)6(12)2(5(3)11)8(15)16;1-2/h;7-8H;. The van der Waals surface area contributed by atoms with Crippen LogP contribution in [-0.2, 0) is 9.66 Å². The predicted molar refractivity (Wildman–Crippen MR) is 106 cm³/mol. The van der Waals surface area contributed by atoms with Crippen LogP contribution in [0.2, 0.25) is 0 Å². The van der Waals surface area contributed by atoms with Gasteiger partial charge in [-0.15, -0.1) is 0 Å². The smallest absolute Gasteiger partial charge is 0.205 e. The van der Waals surface area contributed by atoms with Crippen molar-refractivity contribution in [3.8, 4) is 0 Å². The number of rotatable bonds is 4. The Morgan fingerprint density at radius 3 is 0.694 bits per heavy atom. The fraction of sp³-hybridized carbons (Fsp3) is 0.250. The molecule has 0 radical (unpaired) electrons. The summed E-state index contributed by atoms with van der Waals surface area (Å²) in [5.74, 6) is -20.5. The van der Waals surface area contributed by atoms with Gasteiger partial charge in [0.2, 0.25) is 0 Å². The molecule has 206 valence electrons. The Hall–Kier alpha value is -0.760. The highest BCUT2D eigenvalue weighted by Crippen LogP contribution is 2.45. The minimum absolute atomic E-state index is 1.49. The second-order valence-electron chi connectivity index (χ2n) is 5.69. The van der Waals surface area contributed by atoms with Crippen LogP contribution in [0.5, 0.6) is 0 Å². The van der Waals surface area contributed by atoms with E-state index < -0.39 is 91.3 Å². The van der Waals surface area contributed by atoms with E-state index in [1.165, 1.54) is 31.9 Å². The summed E-state index contributed by atoms with van der Waals surface area (Å²) >= 11 is 8.47. The van der Waals surface area contributed by atoms with Crippen molar-refractivity contribution in [2.75, 3.05) is 0 Å². The SMILES string of the molecule is BrBr.Fc1c(F)c(C(F)(F)Br)c(F)c(F)c1C(F)(F)Br.Fc1c(F)c(C(F)F)c(F)c(F)c1C(F)F. The lowest BCUT2D eigenvalue weighted by atomic mass is 10.1. The number of halogens is 20. The van der Waals surface area contributed by atoms with Gasteiger partial charge in [0.25, 0.3) is 12.9 Å². The van der Waals surface area contributed by atoms with Crippen LogP contribution in [0.25, 0.3) is 0 Å². The van der Waals surface area contributed by atoms with E-state index in [1.807, 2.05) is 0 Å². The molecule has 36 heavy (non-hydrogen) atoms. The monoisotopic (exact) mass is 814 g/mol. The third-order valence-corrected chi connectivity index (χ3v) is 4.39. The first-order valence-corrected chi connectivity index (χ1v) is 13.0. The lowest BCUT2D eigenvalue weighted by molar-refractivity contribution is 0.0904. The Kier molecular flexibility index (Phi) is 13.1. The van der Waals surface area contributed by atoms with Crippen LogP contribution in [0.4, 0.5) is 70.2 Å². The molecule has 0 saturated heterocycles. The molecule has 0 aliphatic heterocycles. The summed E-state index contributed by atoms with van der Waals surface area (Å²) < 4.78 is 202. The van der Waals surface area contributed by atoms with E-state index in [0.717, 1.165) is 0 Å². The van der Waals surface area contributed by atoms with Gasteiger partial charge < -0.3 is 0 Å². The van der Waals surface area contributed by atoms with E-state index in [0.29, 0.717) is 0 Å². The lowest BCUT2D eigenvalue weighted by Crippen LogP contribution is -2.19. The first-order chi connectivity index (χ1) is 16.2. The topological polar surface area (TPSA) is 0 Å². The fourth-order valence-electron chi connectivity index (χ4n) is 2.18. The largest absolute Gasteiger partial charge is 0.332 e. The maximum absolute atomic E-state index is 13.1. The molecule has 0 bridgehead atoms. The van der Waals surface area contributed by atoms with Gasteiger partial charge in [0.1, 0.15) is 11.1 Å². The summed E-state index contributed by atoms with van der Waals surface area (Å²) in [5.41, 5.74) is -9.03. The Labute approximate surface area is 221 Å². The van der Waals surface area contributed by atoms with Crippen LogP contribution in [-0.4, -0.2) is 0 Å². The molecule has 0 amide bonds. The average molecular weight is 818 g/mol. The zero-order valence-corrected chi connectivity index (χ0v) is 22.1. The Morgan fingerprint density at radius 1 is 0.417 bits per heavy atom. The molecule has 2 aromatic carbocycles. The summed E-state index contributed by atoms with van der Waals surface area (Å²) in [4.78, 5) is -8.91. The van der Waals surface area contributed by atoms with Crippen molar-refractivity contribution in [2.45, 2.75) is 22.5 Å². The van der Waals surface area contributed by atoms with E-state index in [1.54, 1.807) is 0 Å². The van der Waals surface area contributed by atoms with Gasteiger partial charge in [-0.2, -0.15) is 17.6 Å². The lowest BCUT2D eigenvalue weighted by Gasteiger charge is -2.17. The van der Waals surface area contributed by atoms with E-state index in [4.69, 9.17) is 0 Å². The Balaban J connectivity index is 0.000000640. The maximum Gasteiger partial charge on any atom is 0.332 e. The molecule has 0 unspecified atom stereocenters. The molecule has 0 aromatic heterocycles. The zero-order chi connectivity index (χ0) is 29.1. The van der Waals surface area contributed by atoms with Crippen LogP contribution in [0.15, 0.2) is 0 Å². The quantitative estimate of drug-likeness (QED) is 0.164. The summed E-state index contributed by atoms with van der Waals surface area (Å²) in [6, 6.07) is 0. The van der Waals surface area contributed by atoms with E-state index >= 15 is 0 Å². The van der Waals surface area contributed by atoms with E-state index in [9.17, 15) is 70.2 Å². The summed E-state index contributed by atoms with van der Waals surface area (Å²) in [6.45, 7) is 0. The minimum Gasteiger partial charge on any atom is -0.205 e. The second kappa shape index (κ2) is 13.3. The summed E-state index contributed by atoms with van der Waals surface area (Å²) in [6.07, 6.45) is -7.70. The first kappa shape index (κ1) is 35.2. The minimum atomic E-state index is -4.46. The normalized spacial score (nSPS) is 11.8. The molecule has 0 heterocycles. The molecule has 0 aliphatic rings. The molecule has 0 spiro atoms. The van der Waals surface area contributed by atoms with Gasteiger partial charge in [-0.3, -0.25) is 0 Å². The predicted octanol–water partition coefficient (Wildman–Crippen LogP) is 10.9. The molecule has 0 N–H and O–H groups in total. The van der Waals surface area contributed by atoms with Crippen molar-refractivity contribution < 1.29 is 70.2 Å². The molecular formula is C16H2Br4F16. The van der Waals surface area contributed by atoms with Crippen molar-refractivity contribution in [3.63, 3.8) is 0 Å². The van der Waals surface area contributed by atoms with Crippen molar-refractivity contribution >= 4 is 60.1 Å². The highest BCUT2D eigenvalue weighted by Gasteiger charge is 2.45. The van der Waals surface area contributed by atoms with Crippen LogP contribution in [0, 0.1) is 46.5 Å². The number of hydrogen-bond donors (Lipinski definition) is 0. The molecular weight excluding hydrogens is 816 g/mol. The molecule has 20 heteroatoms. The van der Waals surface area contributed by atoms with Gasteiger partial charge in [0.05, 0.1) is 11.1 Å². The van der Waals surface area contributed by atoms with Gasteiger partial charge >= 0.3 is 9.66 Å². The Bertz CT molecular complexity index is 936. The van der Waals surface area contributed by atoms with E-state index in [-0.39, 0.29) is 0 Å². The van der Waals surface area contributed by atoms with Gasteiger partial charge in [-0.05, 0) is 31.9 Å².